The van der Waals surface area contributed by atoms with Crippen molar-refractivity contribution in [1.29, 1.82) is 0 Å². The lowest BCUT2D eigenvalue weighted by atomic mass is 10.0. The Kier molecular flexibility index (Phi) is 4.33. The van der Waals surface area contributed by atoms with Gasteiger partial charge in [-0.3, -0.25) is 19.3 Å². The van der Waals surface area contributed by atoms with Crippen molar-refractivity contribution in [3.05, 3.63) is 11.3 Å². The summed E-state index contributed by atoms with van der Waals surface area (Å²) >= 11 is 1.32. The third-order valence-electron chi connectivity index (χ3n) is 3.09. The number of fused-ring (bicyclic) bond motifs is 1. The van der Waals surface area contributed by atoms with Gasteiger partial charge in [-0.25, -0.2) is 4.79 Å². The van der Waals surface area contributed by atoms with E-state index in [4.69, 9.17) is 10.5 Å². The Bertz CT molecular complexity index is 558. The second-order valence-corrected chi connectivity index (χ2v) is 5.84. The largest absolute Gasteiger partial charge is 0.477 e. The van der Waals surface area contributed by atoms with E-state index in [0.717, 1.165) is 4.90 Å². The Balaban J connectivity index is 2.12. The van der Waals surface area contributed by atoms with Gasteiger partial charge in [0.15, 0.2) is 0 Å². The van der Waals surface area contributed by atoms with Crippen molar-refractivity contribution in [3.63, 3.8) is 0 Å². The number of amides is 1. The number of carboxylic acids is 1. The molecule has 114 valence electrons. The van der Waals surface area contributed by atoms with Crippen LogP contribution in [0.3, 0.4) is 0 Å². The van der Waals surface area contributed by atoms with E-state index >= 15 is 0 Å². The van der Waals surface area contributed by atoms with Gasteiger partial charge in [-0.05, 0) is 6.92 Å². The van der Waals surface area contributed by atoms with E-state index in [1.807, 2.05) is 0 Å². The van der Waals surface area contributed by atoms with Gasteiger partial charge in [0.25, 0.3) is 0 Å². The summed E-state index contributed by atoms with van der Waals surface area (Å²) < 4.78 is 4.88. The number of ketones is 1. The highest BCUT2D eigenvalue weighted by Crippen LogP contribution is 2.39. The molecule has 0 bridgehead atoms. The van der Waals surface area contributed by atoms with Gasteiger partial charge < -0.3 is 15.6 Å². The number of carbonyl (C=O) groups excluding carboxylic acids is 3. The average Bonchev–Trinajstić information content (AvgIpc) is 2.42. The van der Waals surface area contributed by atoms with Crippen molar-refractivity contribution in [2.45, 2.75) is 24.8 Å². The Morgan fingerprint density at radius 1 is 1.48 bits per heavy atom. The highest BCUT2D eigenvalue weighted by molar-refractivity contribution is 8.00. The smallest absolute Gasteiger partial charge is 0.352 e. The molecule has 0 aromatic carbocycles. The van der Waals surface area contributed by atoms with Crippen LogP contribution >= 0.6 is 11.8 Å². The second kappa shape index (κ2) is 5.86. The SMILES string of the molecule is CC(=O)CC(=O)OCC1=C(C(=O)O)N2C(=O)[C@@H](N)[C@H]2SC1. The van der Waals surface area contributed by atoms with Crippen molar-refractivity contribution in [2.24, 2.45) is 5.73 Å². The molecular formula is C12H14N2O6S. The molecule has 0 saturated carbocycles. The summed E-state index contributed by atoms with van der Waals surface area (Å²) in [6, 6.07) is -0.703. The first-order chi connectivity index (χ1) is 9.82. The van der Waals surface area contributed by atoms with Crippen LogP contribution in [-0.2, 0) is 23.9 Å². The predicted molar refractivity (Wildman–Crippen MR) is 72.0 cm³/mol. The molecule has 0 spiro atoms. The first kappa shape index (κ1) is 15.5. The maximum atomic E-state index is 11.7. The normalized spacial score (nSPS) is 24.3. The lowest BCUT2D eigenvalue weighted by Crippen LogP contribution is -2.68. The topological polar surface area (TPSA) is 127 Å². The van der Waals surface area contributed by atoms with Gasteiger partial charge in [-0.1, -0.05) is 0 Å². The summed E-state index contributed by atoms with van der Waals surface area (Å²) in [4.78, 5) is 46.2. The minimum absolute atomic E-state index is 0.180. The van der Waals surface area contributed by atoms with Gasteiger partial charge in [0, 0.05) is 11.3 Å². The summed E-state index contributed by atoms with van der Waals surface area (Å²) in [5.74, 6) is -2.49. The van der Waals surface area contributed by atoms with Crippen LogP contribution in [0.25, 0.3) is 0 Å². The standard InChI is InChI=1S/C12H14N2O6S/c1-5(15)2-7(16)20-3-6-4-21-11-8(13)10(17)14(11)9(6)12(18)19/h8,11H,2-4,13H2,1H3,(H,18,19)/t8-,11-/m1/s1. The first-order valence-electron chi connectivity index (χ1n) is 6.13. The van der Waals surface area contributed by atoms with Crippen molar-refractivity contribution in [1.82, 2.24) is 4.90 Å². The zero-order valence-electron chi connectivity index (χ0n) is 11.2. The molecule has 0 aromatic rings. The fourth-order valence-corrected chi connectivity index (χ4v) is 3.39. The molecule has 8 nitrogen and oxygen atoms in total. The van der Waals surface area contributed by atoms with Crippen LogP contribution in [0.2, 0.25) is 0 Å². The van der Waals surface area contributed by atoms with Gasteiger partial charge in [-0.15, -0.1) is 11.8 Å². The van der Waals surface area contributed by atoms with E-state index < -0.39 is 23.9 Å². The predicted octanol–water partition coefficient (Wildman–Crippen LogP) is -0.910. The molecule has 0 aliphatic carbocycles. The number of rotatable bonds is 5. The lowest BCUT2D eigenvalue weighted by Gasteiger charge is -2.47. The van der Waals surface area contributed by atoms with E-state index in [9.17, 15) is 24.3 Å². The summed E-state index contributed by atoms with van der Waals surface area (Å²) in [5.41, 5.74) is 5.75. The quantitative estimate of drug-likeness (QED) is 0.379. The number of carbonyl (C=O) groups is 4. The third-order valence-corrected chi connectivity index (χ3v) is 4.45. The van der Waals surface area contributed by atoms with Crippen molar-refractivity contribution in [2.75, 3.05) is 12.4 Å². The first-order valence-corrected chi connectivity index (χ1v) is 7.18. The van der Waals surface area contributed by atoms with Crippen LogP contribution in [0.5, 0.6) is 0 Å². The highest BCUT2D eigenvalue weighted by atomic mass is 32.2. The number of nitrogens with two attached hydrogens (primary N) is 1. The Hall–Kier alpha value is -1.87. The van der Waals surface area contributed by atoms with Crippen LogP contribution in [0.15, 0.2) is 11.3 Å². The number of carboxylic acid groups (broad SMARTS) is 1. The zero-order chi connectivity index (χ0) is 15.7. The van der Waals surface area contributed by atoms with Crippen LogP contribution in [-0.4, -0.2) is 57.4 Å². The molecule has 1 saturated heterocycles. The van der Waals surface area contributed by atoms with Crippen LogP contribution in [0.1, 0.15) is 13.3 Å². The fourth-order valence-electron chi connectivity index (χ4n) is 2.11. The third kappa shape index (κ3) is 2.93. The molecule has 1 amide bonds. The zero-order valence-corrected chi connectivity index (χ0v) is 12.0. The van der Waals surface area contributed by atoms with Gasteiger partial charge in [0.2, 0.25) is 5.91 Å². The number of hydrogen-bond donors (Lipinski definition) is 2. The van der Waals surface area contributed by atoms with E-state index in [-0.39, 0.29) is 29.9 Å². The van der Waals surface area contributed by atoms with Crippen LogP contribution in [0, 0.1) is 0 Å². The average molecular weight is 314 g/mol. The molecule has 21 heavy (non-hydrogen) atoms. The Labute approximate surface area is 124 Å². The Morgan fingerprint density at radius 2 is 2.14 bits per heavy atom. The van der Waals surface area contributed by atoms with Crippen molar-refractivity contribution < 1.29 is 29.0 Å². The number of hydrogen-bond acceptors (Lipinski definition) is 7. The molecule has 0 radical (unpaired) electrons. The van der Waals surface area contributed by atoms with Gasteiger partial charge in [-0.2, -0.15) is 0 Å². The molecule has 1 fully saturated rings. The summed E-state index contributed by atoms with van der Waals surface area (Å²) in [5, 5.41) is 8.86. The van der Waals surface area contributed by atoms with E-state index in [2.05, 4.69) is 0 Å². The summed E-state index contributed by atoms with van der Waals surface area (Å²) in [6.07, 6.45) is -0.362. The number of Topliss-reactive ketones (excluding diaryl/α,β-unsaturated/α-hetero) is 1. The minimum atomic E-state index is -1.27. The van der Waals surface area contributed by atoms with Gasteiger partial charge in [0.1, 0.15) is 35.9 Å². The van der Waals surface area contributed by atoms with Gasteiger partial charge >= 0.3 is 11.9 Å². The minimum Gasteiger partial charge on any atom is -0.477 e. The molecule has 2 aliphatic heterocycles. The molecule has 2 heterocycles. The van der Waals surface area contributed by atoms with E-state index in [1.54, 1.807) is 0 Å². The maximum Gasteiger partial charge on any atom is 0.352 e. The van der Waals surface area contributed by atoms with Crippen LogP contribution < -0.4 is 5.73 Å². The summed E-state index contributed by atoms with van der Waals surface area (Å²) in [6.45, 7) is 0.997. The number of ether oxygens (including phenoxy) is 1. The van der Waals surface area contributed by atoms with Crippen LogP contribution in [0.4, 0.5) is 0 Å². The number of nitrogens with zero attached hydrogens (tertiary/aromatic N) is 1. The lowest BCUT2D eigenvalue weighted by molar-refractivity contribution is -0.148. The number of thioether (sulfide) groups is 1. The molecule has 9 heteroatoms. The van der Waals surface area contributed by atoms with E-state index in [1.165, 1.54) is 18.7 Å². The Morgan fingerprint density at radius 3 is 2.71 bits per heavy atom. The van der Waals surface area contributed by atoms with Crippen molar-refractivity contribution >= 4 is 35.4 Å². The number of β-lactam (4-membered cyclic amide) rings is 1. The van der Waals surface area contributed by atoms with Crippen molar-refractivity contribution in [3.8, 4) is 0 Å². The number of aliphatic carboxylic acids is 1. The molecule has 2 rings (SSSR count). The maximum absolute atomic E-state index is 11.7. The fraction of sp³-hybridized carbons (Fsp3) is 0.500. The second-order valence-electron chi connectivity index (χ2n) is 4.73. The van der Waals surface area contributed by atoms with Gasteiger partial charge in [0.05, 0.1) is 0 Å². The summed E-state index contributed by atoms with van der Waals surface area (Å²) in [7, 11) is 0. The highest BCUT2D eigenvalue weighted by Gasteiger charge is 2.51. The molecule has 3 N–H and O–H groups in total. The number of esters is 1. The molecule has 2 atom stereocenters. The molecule has 0 aromatic heterocycles. The monoisotopic (exact) mass is 314 g/mol. The molecule has 2 aliphatic rings. The molecule has 0 unspecified atom stereocenters. The van der Waals surface area contributed by atoms with E-state index in [0.29, 0.717) is 11.3 Å². The molecular weight excluding hydrogens is 300 g/mol.